The summed E-state index contributed by atoms with van der Waals surface area (Å²) in [6.45, 7) is 3.84. The molecule has 0 amide bonds. The third-order valence-electron chi connectivity index (χ3n) is 2.07. The van der Waals surface area contributed by atoms with Gasteiger partial charge in [0.25, 0.3) is 0 Å². The molecule has 0 atom stereocenters. The van der Waals surface area contributed by atoms with Crippen molar-refractivity contribution >= 4 is 16.9 Å². The number of nitrogens with one attached hydrogen (secondary N) is 1. The predicted molar refractivity (Wildman–Crippen MR) is 51.9 cm³/mol. The second-order valence-corrected chi connectivity index (χ2v) is 3.08. The van der Waals surface area contributed by atoms with Gasteiger partial charge in [0.15, 0.2) is 0 Å². The van der Waals surface area contributed by atoms with Gasteiger partial charge in [0.1, 0.15) is 0 Å². The summed E-state index contributed by atoms with van der Waals surface area (Å²) in [4.78, 5) is 10.5. The summed E-state index contributed by atoms with van der Waals surface area (Å²) in [5.41, 5.74) is 2.17. The standard InChI is InChI=1S/C10H9N2O2/c1-6-3-2-4-7-10(6)8(12-11-7)5-9(13)14/h2-4H,1,5H2,(H,11,12)(H,13,14). The third-order valence-corrected chi connectivity index (χ3v) is 2.07. The van der Waals surface area contributed by atoms with Crippen molar-refractivity contribution in [2.24, 2.45) is 0 Å². The number of H-pyrrole nitrogens is 1. The third kappa shape index (κ3) is 1.35. The number of hydrogen-bond acceptors (Lipinski definition) is 2. The van der Waals surface area contributed by atoms with Crippen LogP contribution in [-0.2, 0) is 11.2 Å². The molecule has 0 fully saturated rings. The highest BCUT2D eigenvalue weighted by Crippen LogP contribution is 2.19. The van der Waals surface area contributed by atoms with Crippen molar-refractivity contribution in [3.8, 4) is 0 Å². The van der Waals surface area contributed by atoms with Gasteiger partial charge in [0.2, 0.25) is 0 Å². The van der Waals surface area contributed by atoms with Crippen molar-refractivity contribution in [1.29, 1.82) is 0 Å². The molecule has 1 radical (unpaired) electrons. The number of carboxylic acids is 1. The molecule has 0 saturated carbocycles. The fourth-order valence-electron chi connectivity index (χ4n) is 1.49. The van der Waals surface area contributed by atoms with Crippen molar-refractivity contribution in [3.05, 3.63) is 36.4 Å². The van der Waals surface area contributed by atoms with Gasteiger partial charge in [0.05, 0.1) is 17.6 Å². The fourth-order valence-corrected chi connectivity index (χ4v) is 1.49. The first-order valence-electron chi connectivity index (χ1n) is 4.18. The number of carboxylic acid groups (broad SMARTS) is 1. The summed E-state index contributed by atoms with van der Waals surface area (Å²) in [7, 11) is 0. The molecule has 2 aromatic rings. The first kappa shape index (κ1) is 8.74. The van der Waals surface area contributed by atoms with E-state index in [2.05, 4.69) is 17.1 Å². The highest BCUT2D eigenvalue weighted by Gasteiger charge is 2.10. The highest BCUT2D eigenvalue weighted by molar-refractivity contribution is 5.88. The molecule has 0 saturated heterocycles. The van der Waals surface area contributed by atoms with Gasteiger partial charge in [-0.05, 0) is 18.6 Å². The van der Waals surface area contributed by atoms with E-state index in [-0.39, 0.29) is 6.42 Å². The molecule has 0 bridgehead atoms. The molecule has 1 aromatic carbocycles. The average molecular weight is 189 g/mol. The summed E-state index contributed by atoms with van der Waals surface area (Å²) in [6, 6.07) is 5.54. The molecule has 4 nitrogen and oxygen atoms in total. The van der Waals surface area contributed by atoms with Crippen LogP contribution in [0.1, 0.15) is 11.3 Å². The Morgan fingerprint density at radius 3 is 3.07 bits per heavy atom. The van der Waals surface area contributed by atoms with Crippen LogP contribution in [0.25, 0.3) is 10.9 Å². The number of aliphatic carboxylic acids is 1. The van der Waals surface area contributed by atoms with E-state index in [1.54, 1.807) is 0 Å². The average Bonchev–Trinajstić information content (AvgIpc) is 2.49. The van der Waals surface area contributed by atoms with E-state index in [0.717, 1.165) is 16.5 Å². The number of carbonyl (C=O) groups is 1. The molecule has 4 heteroatoms. The summed E-state index contributed by atoms with van der Waals surface area (Å²) in [6.07, 6.45) is -0.0769. The lowest BCUT2D eigenvalue weighted by Gasteiger charge is -1.96. The van der Waals surface area contributed by atoms with Gasteiger partial charge in [0, 0.05) is 5.39 Å². The molecule has 71 valence electrons. The van der Waals surface area contributed by atoms with Crippen LogP contribution in [0.3, 0.4) is 0 Å². The van der Waals surface area contributed by atoms with Gasteiger partial charge in [-0.2, -0.15) is 5.10 Å². The zero-order chi connectivity index (χ0) is 10.1. The number of hydrogen-bond donors (Lipinski definition) is 2. The van der Waals surface area contributed by atoms with Crippen LogP contribution in [0, 0.1) is 6.92 Å². The minimum Gasteiger partial charge on any atom is -0.481 e. The van der Waals surface area contributed by atoms with E-state index in [1.165, 1.54) is 0 Å². The number of aromatic amines is 1. The summed E-state index contributed by atoms with van der Waals surface area (Å²) in [5.74, 6) is -0.887. The molecule has 0 aliphatic carbocycles. The molecule has 0 unspecified atom stereocenters. The number of benzene rings is 1. The molecular formula is C10H9N2O2. The van der Waals surface area contributed by atoms with Crippen LogP contribution in [0.4, 0.5) is 0 Å². The van der Waals surface area contributed by atoms with Gasteiger partial charge >= 0.3 is 5.97 Å². The predicted octanol–water partition coefficient (Wildman–Crippen LogP) is 1.37. The Morgan fingerprint density at radius 2 is 2.36 bits per heavy atom. The van der Waals surface area contributed by atoms with Crippen LogP contribution < -0.4 is 0 Å². The number of aromatic nitrogens is 2. The van der Waals surface area contributed by atoms with E-state index >= 15 is 0 Å². The minimum absolute atomic E-state index is 0.0769. The molecule has 14 heavy (non-hydrogen) atoms. The van der Waals surface area contributed by atoms with Crippen LogP contribution in [-0.4, -0.2) is 21.3 Å². The summed E-state index contributed by atoms with van der Waals surface area (Å²) < 4.78 is 0. The van der Waals surface area contributed by atoms with Gasteiger partial charge in [-0.1, -0.05) is 12.1 Å². The van der Waals surface area contributed by atoms with Crippen LogP contribution in [0.15, 0.2) is 18.2 Å². The van der Waals surface area contributed by atoms with Gasteiger partial charge in [-0.3, -0.25) is 9.89 Å². The van der Waals surface area contributed by atoms with Crippen molar-refractivity contribution < 1.29 is 9.90 Å². The fraction of sp³-hybridized carbons (Fsp3) is 0.100. The van der Waals surface area contributed by atoms with E-state index in [4.69, 9.17) is 5.11 Å². The van der Waals surface area contributed by atoms with E-state index in [1.807, 2.05) is 18.2 Å². The molecular weight excluding hydrogens is 180 g/mol. The van der Waals surface area contributed by atoms with Crippen molar-refractivity contribution in [1.82, 2.24) is 10.2 Å². The Morgan fingerprint density at radius 1 is 1.57 bits per heavy atom. The Labute approximate surface area is 80.6 Å². The Hall–Kier alpha value is -1.84. The Kier molecular flexibility index (Phi) is 1.96. The van der Waals surface area contributed by atoms with Crippen LogP contribution >= 0.6 is 0 Å². The molecule has 0 spiro atoms. The van der Waals surface area contributed by atoms with Gasteiger partial charge in [-0.25, -0.2) is 0 Å². The zero-order valence-corrected chi connectivity index (χ0v) is 7.45. The first-order chi connectivity index (χ1) is 6.68. The first-order valence-corrected chi connectivity index (χ1v) is 4.18. The molecule has 2 N–H and O–H groups in total. The molecule has 1 aromatic heterocycles. The molecule has 0 aliphatic rings. The van der Waals surface area contributed by atoms with Gasteiger partial charge < -0.3 is 5.11 Å². The minimum atomic E-state index is -0.887. The summed E-state index contributed by atoms with van der Waals surface area (Å²) in [5, 5.41) is 16.2. The quantitative estimate of drug-likeness (QED) is 0.749. The lowest BCUT2D eigenvalue weighted by Crippen LogP contribution is -2.00. The van der Waals surface area contributed by atoms with Crippen molar-refractivity contribution in [3.63, 3.8) is 0 Å². The number of nitrogens with zero attached hydrogens (tertiary/aromatic N) is 1. The topological polar surface area (TPSA) is 66.0 Å². The normalized spacial score (nSPS) is 10.6. The zero-order valence-electron chi connectivity index (χ0n) is 7.45. The highest BCUT2D eigenvalue weighted by atomic mass is 16.4. The second-order valence-electron chi connectivity index (χ2n) is 3.08. The van der Waals surface area contributed by atoms with Crippen molar-refractivity contribution in [2.75, 3.05) is 0 Å². The SMILES string of the molecule is [CH2]c1cccc2[nH]nc(CC(=O)O)c12. The molecule has 0 aliphatic heterocycles. The maximum absolute atomic E-state index is 10.5. The summed E-state index contributed by atoms with van der Waals surface area (Å²) >= 11 is 0. The lowest BCUT2D eigenvalue weighted by atomic mass is 10.1. The Balaban J connectivity index is 2.61. The maximum atomic E-state index is 10.5. The smallest absolute Gasteiger partial charge is 0.309 e. The molecule has 2 rings (SSSR count). The number of fused-ring (bicyclic) bond motifs is 1. The van der Waals surface area contributed by atoms with E-state index < -0.39 is 5.97 Å². The van der Waals surface area contributed by atoms with Gasteiger partial charge in [-0.15, -0.1) is 0 Å². The molecule has 1 heterocycles. The van der Waals surface area contributed by atoms with E-state index in [0.29, 0.717) is 5.69 Å². The van der Waals surface area contributed by atoms with E-state index in [9.17, 15) is 4.79 Å². The second kappa shape index (κ2) is 3.14. The lowest BCUT2D eigenvalue weighted by molar-refractivity contribution is -0.136. The maximum Gasteiger partial charge on any atom is 0.309 e. The monoisotopic (exact) mass is 189 g/mol. The number of rotatable bonds is 2. The van der Waals surface area contributed by atoms with Crippen molar-refractivity contribution in [2.45, 2.75) is 6.42 Å². The van der Waals surface area contributed by atoms with Crippen LogP contribution in [0.2, 0.25) is 0 Å². The van der Waals surface area contributed by atoms with Crippen LogP contribution in [0.5, 0.6) is 0 Å². The largest absolute Gasteiger partial charge is 0.481 e. The Bertz CT molecular complexity index is 488.